The summed E-state index contributed by atoms with van der Waals surface area (Å²) < 4.78 is 1.75. The smallest absolute Gasteiger partial charge is 0.232 e. The number of rotatable bonds is 5. The molecule has 1 N–H and O–H groups in total. The van der Waals surface area contributed by atoms with E-state index in [0.29, 0.717) is 38.4 Å². The first-order chi connectivity index (χ1) is 13.0. The Morgan fingerprint density at radius 3 is 2.26 bits per heavy atom. The number of nitrogens with one attached hydrogen (secondary N) is 1. The van der Waals surface area contributed by atoms with Crippen LogP contribution < -0.4 is 5.32 Å². The highest BCUT2D eigenvalue weighted by Gasteiger charge is 2.43. The standard InChI is InChI=1S/C19H18Cl3N5/c1-9-24-18-13(16(10-2-3-10)11-4-5-11)8-23-27(18)19(25-9)26-17-14(21)6-12(20)7-15(17)22/h6-8,10-11,16H,2-5H2,1H3,(H,24,25,26). The number of hydrogen-bond donors (Lipinski definition) is 1. The van der Waals surface area contributed by atoms with E-state index in [0.717, 1.165) is 17.5 Å². The molecule has 1 aromatic carbocycles. The molecule has 5 rings (SSSR count). The van der Waals surface area contributed by atoms with Gasteiger partial charge in [-0.3, -0.25) is 0 Å². The summed E-state index contributed by atoms with van der Waals surface area (Å²) in [6.07, 6.45) is 7.20. The molecule has 140 valence electrons. The summed E-state index contributed by atoms with van der Waals surface area (Å²) in [6, 6.07) is 3.29. The summed E-state index contributed by atoms with van der Waals surface area (Å²) in [5.74, 6) is 3.33. The fourth-order valence-corrected chi connectivity index (χ4v) is 4.80. The van der Waals surface area contributed by atoms with Crippen LogP contribution in [0.1, 0.15) is 43.0 Å². The first-order valence-corrected chi connectivity index (χ1v) is 10.3. The summed E-state index contributed by atoms with van der Waals surface area (Å²) in [7, 11) is 0. The fourth-order valence-electron chi connectivity index (χ4n) is 3.89. The van der Waals surface area contributed by atoms with Crippen LogP contribution in [-0.2, 0) is 0 Å². The van der Waals surface area contributed by atoms with Crippen LogP contribution in [-0.4, -0.2) is 19.6 Å². The summed E-state index contributed by atoms with van der Waals surface area (Å²) >= 11 is 18.7. The summed E-state index contributed by atoms with van der Waals surface area (Å²) in [5.41, 5.74) is 2.66. The van der Waals surface area contributed by atoms with Gasteiger partial charge in [0, 0.05) is 10.6 Å². The van der Waals surface area contributed by atoms with Gasteiger partial charge in [-0.15, -0.1) is 0 Å². The first kappa shape index (κ1) is 17.5. The topological polar surface area (TPSA) is 55.1 Å². The van der Waals surface area contributed by atoms with Gasteiger partial charge in [-0.2, -0.15) is 14.6 Å². The van der Waals surface area contributed by atoms with E-state index in [1.54, 1.807) is 16.6 Å². The molecular weight excluding hydrogens is 405 g/mol. The molecule has 0 unspecified atom stereocenters. The Bertz CT molecular complexity index is 1000. The average Bonchev–Trinajstić information content (AvgIpc) is 3.51. The monoisotopic (exact) mass is 421 g/mol. The SMILES string of the molecule is Cc1nc(Nc2c(Cl)cc(Cl)cc2Cl)n2ncc(C(C3CC3)C3CC3)c2n1. The molecule has 0 bridgehead atoms. The Morgan fingerprint density at radius 1 is 1.04 bits per heavy atom. The predicted octanol–water partition coefficient (Wildman–Crippen LogP) is 6.04. The van der Waals surface area contributed by atoms with Crippen LogP contribution in [0.2, 0.25) is 15.1 Å². The van der Waals surface area contributed by atoms with Crippen LogP contribution in [0, 0.1) is 18.8 Å². The van der Waals surface area contributed by atoms with Crippen molar-refractivity contribution in [2.45, 2.75) is 38.5 Å². The molecule has 0 spiro atoms. The van der Waals surface area contributed by atoms with Crippen LogP contribution in [0.15, 0.2) is 18.3 Å². The van der Waals surface area contributed by atoms with Crippen molar-refractivity contribution in [2.75, 3.05) is 5.32 Å². The quantitative estimate of drug-likeness (QED) is 0.544. The molecule has 8 heteroatoms. The van der Waals surface area contributed by atoms with Gasteiger partial charge in [0.15, 0.2) is 5.65 Å². The Labute approximate surface area is 172 Å². The largest absolute Gasteiger partial charge is 0.321 e. The zero-order chi connectivity index (χ0) is 18.7. The number of halogens is 3. The zero-order valence-electron chi connectivity index (χ0n) is 14.7. The predicted molar refractivity (Wildman–Crippen MR) is 108 cm³/mol. The van der Waals surface area contributed by atoms with Crippen LogP contribution in [0.4, 0.5) is 11.6 Å². The third-order valence-corrected chi connectivity index (χ3v) is 6.18. The molecule has 2 fully saturated rings. The third kappa shape index (κ3) is 3.26. The molecule has 2 aliphatic carbocycles. The highest BCUT2D eigenvalue weighted by molar-refractivity contribution is 6.41. The van der Waals surface area contributed by atoms with Crippen molar-refractivity contribution in [1.29, 1.82) is 0 Å². The van der Waals surface area contributed by atoms with E-state index < -0.39 is 0 Å². The van der Waals surface area contributed by atoms with Gasteiger partial charge in [0.2, 0.25) is 5.95 Å². The Morgan fingerprint density at radius 2 is 1.67 bits per heavy atom. The number of anilines is 2. The Kier molecular flexibility index (Phi) is 4.22. The first-order valence-electron chi connectivity index (χ1n) is 9.15. The van der Waals surface area contributed by atoms with Crippen molar-refractivity contribution in [3.8, 4) is 0 Å². The molecule has 2 aliphatic rings. The van der Waals surface area contributed by atoms with Gasteiger partial charge in [0.25, 0.3) is 0 Å². The normalized spacial score (nSPS) is 17.1. The van der Waals surface area contributed by atoms with Crippen molar-refractivity contribution in [3.05, 3.63) is 44.8 Å². The maximum absolute atomic E-state index is 6.33. The number of aryl methyl sites for hydroxylation is 1. The van der Waals surface area contributed by atoms with E-state index in [-0.39, 0.29) is 0 Å². The zero-order valence-corrected chi connectivity index (χ0v) is 17.0. The summed E-state index contributed by atoms with van der Waals surface area (Å²) in [5, 5.41) is 9.15. The van der Waals surface area contributed by atoms with E-state index in [9.17, 15) is 0 Å². The number of benzene rings is 1. The molecule has 0 aliphatic heterocycles. The minimum atomic E-state index is 0.429. The van der Waals surface area contributed by atoms with Gasteiger partial charge in [0.1, 0.15) is 5.82 Å². The van der Waals surface area contributed by atoms with Gasteiger partial charge in [-0.05, 0) is 62.5 Å². The minimum Gasteiger partial charge on any atom is -0.321 e. The van der Waals surface area contributed by atoms with Crippen molar-refractivity contribution in [3.63, 3.8) is 0 Å². The van der Waals surface area contributed by atoms with E-state index in [4.69, 9.17) is 39.8 Å². The van der Waals surface area contributed by atoms with Crippen molar-refractivity contribution < 1.29 is 0 Å². The van der Waals surface area contributed by atoms with Gasteiger partial charge in [-0.25, -0.2) is 4.98 Å². The molecule has 0 radical (unpaired) electrons. The lowest BCUT2D eigenvalue weighted by atomic mass is 9.91. The molecule has 2 saturated carbocycles. The van der Waals surface area contributed by atoms with Crippen LogP contribution in [0.3, 0.4) is 0 Å². The molecule has 0 saturated heterocycles. The molecule has 2 aromatic heterocycles. The van der Waals surface area contributed by atoms with Gasteiger partial charge in [-0.1, -0.05) is 34.8 Å². The maximum atomic E-state index is 6.33. The molecule has 5 nitrogen and oxygen atoms in total. The maximum Gasteiger partial charge on any atom is 0.232 e. The highest BCUT2D eigenvalue weighted by Crippen LogP contribution is 2.55. The Balaban J connectivity index is 1.60. The molecule has 0 atom stereocenters. The summed E-state index contributed by atoms with van der Waals surface area (Å²) in [4.78, 5) is 9.22. The Hall–Kier alpha value is -1.56. The number of nitrogens with zero attached hydrogens (tertiary/aromatic N) is 4. The highest BCUT2D eigenvalue weighted by atomic mass is 35.5. The molecule has 27 heavy (non-hydrogen) atoms. The number of aromatic nitrogens is 4. The lowest BCUT2D eigenvalue weighted by molar-refractivity contribution is 0.540. The third-order valence-electron chi connectivity index (χ3n) is 5.37. The lowest BCUT2D eigenvalue weighted by Gasteiger charge is -2.15. The number of hydrogen-bond acceptors (Lipinski definition) is 4. The summed E-state index contributed by atoms with van der Waals surface area (Å²) in [6.45, 7) is 1.89. The molecule has 0 amide bonds. The fraction of sp³-hybridized carbons (Fsp3) is 0.421. The average molecular weight is 423 g/mol. The second-order valence-electron chi connectivity index (χ2n) is 7.50. The molecule has 3 aromatic rings. The van der Waals surface area contributed by atoms with Crippen molar-refractivity contribution >= 4 is 52.1 Å². The van der Waals surface area contributed by atoms with Gasteiger partial charge < -0.3 is 5.32 Å². The second kappa shape index (κ2) is 6.50. The van der Waals surface area contributed by atoms with E-state index in [1.165, 1.54) is 31.2 Å². The van der Waals surface area contributed by atoms with Crippen molar-refractivity contribution in [2.24, 2.45) is 11.8 Å². The van der Waals surface area contributed by atoms with E-state index in [2.05, 4.69) is 15.4 Å². The molecular formula is C19H18Cl3N5. The second-order valence-corrected chi connectivity index (χ2v) is 8.75. The van der Waals surface area contributed by atoms with E-state index in [1.807, 2.05) is 13.1 Å². The van der Waals surface area contributed by atoms with Crippen LogP contribution in [0.25, 0.3) is 5.65 Å². The van der Waals surface area contributed by atoms with E-state index >= 15 is 0 Å². The van der Waals surface area contributed by atoms with Crippen LogP contribution >= 0.6 is 34.8 Å². The molecule has 2 heterocycles. The van der Waals surface area contributed by atoms with Gasteiger partial charge in [0.05, 0.1) is 21.9 Å². The van der Waals surface area contributed by atoms with Crippen LogP contribution in [0.5, 0.6) is 0 Å². The van der Waals surface area contributed by atoms with Gasteiger partial charge >= 0.3 is 0 Å². The van der Waals surface area contributed by atoms with Crippen molar-refractivity contribution in [1.82, 2.24) is 19.6 Å². The lowest BCUT2D eigenvalue weighted by Crippen LogP contribution is -2.09. The minimum absolute atomic E-state index is 0.429. The number of fused-ring (bicyclic) bond motifs is 1.